The molecule has 2 rings (SSSR count). The van der Waals surface area contributed by atoms with Crippen LogP contribution in [0.25, 0.3) is 0 Å². The van der Waals surface area contributed by atoms with Crippen LogP contribution in [-0.4, -0.2) is 21.3 Å². The zero-order valence-electron chi connectivity index (χ0n) is 10.3. The minimum Gasteiger partial charge on any atom is -0.330 e. The first-order chi connectivity index (χ1) is 7.72. The van der Waals surface area contributed by atoms with Crippen LogP contribution in [0.1, 0.15) is 62.5 Å². The van der Waals surface area contributed by atoms with Gasteiger partial charge in [-0.05, 0) is 25.8 Å². The van der Waals surface area contributed by atoms with Gasteiger partial charge in [0.25, 0.3) is 0 Å². The van der Waals surface area contributed by atoms with E-state index in [4.69, 9.17) is 10.7 Å². The summed E-state index contributed by atoms with van der Waals surface area (Å²) >= 11 is 0. The summed E-state index contributed by atoms with van der Waals surface area (Å²) in [7, 11) is 1.99. The fourth-order valence-corrected chi connectivity index (χ4v) is 2.58. The number of nitrogens with zero attached hydrogens (tertiary/aromatic N) is 3. The van der Waals surface area contributed by atoms with E-state index in [2.05, 4.69) is 12.0 Å². The van der Waals surface area contributed by atoms with Crippen molar-refractivity contribution in [1.29, 1.82) is 0 Å². The zero-order chi connectivity index (χ0) is 11.5. The van der Waals surface area contributed by atoms with Crippen LogP contribution in [0.4, 0.5) is 0 Å². The first kappa shape index (κ1) is 11.6. The fourth-order valence-electron chi connectivity index (χ4n) is 2.58. The SMILES string of the molecule is CC(CCN)c1nc(C2CCCC2)nn1C. The van der Waals surface area contributed by atoms with Crippen LogP contribution in [0.15, 0.2) is 0 Å². The van der Waals surface area contributed by atoms with Crippen LogP contribution in [0.2, 0.25) is 0 Å². The third-order valence-corrected chi connectivity index (χ3v) is 3.57. The van der Waals surface area contributed by atoms with Gasteiger partial charge in [0, 0.05) is 18.9 Å². The molecule has 1 saturated carbocycles. The Bertz CT molecular complexity index is 339. The third kappa shape index (κ3) is 2.26. The van der Waals surface area contributed by atoms with E-state index in [-0.39, 0.29) is 0 Å². The molecule has 1 aromatic rings. The predicted octanol–water partition coefficient (Wildman–Crippen LogP) is 1.93. The van der Waals surface area contributed by atoms with Crippen molar-refractivity contribution in [3.8, 4) is 0 Å². The molecule has 1 aliphatic rings. The molecule has 4 nitrogen and oxygen atoms in total. The predicted molar refractivity (Wildman–Crippen MR) is 64.3 cm³/mol. The Morgan fingerprint density at radius 3 is 2.75 bits per heavy atom. The number of rotatable bonds is 4. The van der Waals surface area contributed by atoms with E-state index < -0.39 is 0 Å². The van der Waals surface area contributed by atoms with Crippen LogP contribution in [-0.2, 0) is 7.05 Å². The summed E-state index contributed by atoms with van der Waals surface area (Å²) in [6.07, 6.45) is 6.16. The maximum atomic E-state index is 5.59. The molecule has 0 aliphatic heterocycles. The summed E-state index contributed by atoms with van der Waals surface area (Å²) in [6, 6.07) is 0. The van der Waals surface area contributed by atoms with E-state index in [1.165, 1.54) is 25.7 Å². The third-order valence-electron chi connectivity index (χ3n) is 3.57. The molecule has 0 radical (unpaired) electrons. The molecule has 0 aromatic carbocycles. The van der Waals surface area contributed by atoms with Crippen LogP contribution < -0.4 is 5.73 Å². The number of aryl methyl sites for hydroxylation is 1. The van der Waals surface area contributed by atoms with Crippen LogP contribution in [0.5, 0.6) is 0 Å². The Labute approximate surface area is 97.2 Å². The fraction of sp³-hybridized carbons (Fsp3) is 0.833. The molecule has 4 heteroatoms. The van der Waals surface area contributed by atoms with Gasteiger partial charge in [-0.15, -0.1) is 0 Å². The smallest absolute Gasteiger partial charge is 0.154 e. The molecule has 0 saturated heterocycles. The maximum Gasteiger partial charge on any atom is 0.154 e. The van der Waals surface area contributed by atoms with Crippen molar-refractivity contribution in [3.05, 3.63) is 11.6 Å². The molecule has 0 bridgehead atoms. The average molecular weight is 222 g/mol. The van der Waals surface area contributed by atoms with Crippen molar-refractivity contribution in [2.24, 2.45) is 12.8 Å². The largest absolute Gasteiger partial charge is 0.330 e. The Morgan fingerprint density at radius 2 is 2.12 bits per heavy atom. The lowest BCUT2D eigenvalue weighted by molar-refractivity contribution is 0.590. The molecule has 90 valence electrons. The zero-order valence-corrected chi connectivity index (χ0v) is 10.3. The van der Waals surface area contributed by atoms with Crippen molar-refractivity contribution < 1.29 is 0 Å². The van der Waals surface area contributed by atoms with Crippen LogP contribution in [0.3, 0.4) is 0 Å². The maximum absolute atomic E-state index is 5.59. The summed E-state index contributed by atoms with van der Waals surface area (Å²) < 4.78 is 1.94. The average Bonchev–Trinajstić information content (AvgIpc) is 2.86. The van der Waals surface area contributed by atoms with Gasteiger partial charge in [0.2, 0.25) is 0 Å². The van der Waals surface area contributed by atoms with Gasteiger partial charge >= 0.3 is 0 Å². The van der Waals surface area contributed by atoms with Crippen molar-refractivity contribution in [2.75, 3.05) is 6.54 Å². The number of hydrogen-bond donors (Lipinski definition) is 1. The van der Waals surface area contributed by atoms with Gasteiger partial charge in [0.05, 0.1) is 0 Å². The van der Waals surface area contributed by atoms with Crippen molar-refractivity contribution in [2.45, 2.75) is 50.9 Å². The molecule has 1 unspecified atom stereocenters. The summed E-state index contributed by atoms with van der Waals surface area (Å²) in [6.45, 7) is 2.89. The van der Waals surface area contributed by atoms with E-state index in [0.29, 0.717) is 18.4 Å². The molecule has 0 spiro atoms. The van der Waals surface area contributed by atoms with Gasteiger partial charge in [0.15, 0.2) is 5.82 Å². The quantitative estimate of drug-likeness (QED) is 0.846. The molecule has 1 aromatic heterocycles. The second-order valence-electron chi connectivity index (χ2n) is 4.91. The Kier molecular flexibility index (Phi) is 3.59. The molecule has 1 aliphatic carbocycles. The molecule has 16 heavy (non-hydrogen) atoms. The van der Waals surface area contributed by atoms with Gasteiger partial charge in [-0.3, -0.25) is 4.68 Å². The van der Waals surface area contributed by atoms with Crippen LogP contribution >= 0.6 is 0 Å². The highest BCUT2D eigenvalue weighted by Gasteiger charge is 2.23. The lowest BCUT2D eigenvalue weighted by Gasteiger charge is -2.07. The second kappa shape index (κ2) is 4.95. The van der Waals surface area contributed by atoms with Crippen LogP contribution in [0, 0.1) is 0 Å². The summed E-state index contributed by atoms with van der Waals surface area (Å²) in [5.41, 5.74) is 5.59. The van der Waals surface area contributed by atoms with Crippen molar-refractivity contribution in [3.63, 3.8) is 0 Å². The van der Waals surface area contributed by atoms with E-state index in [9.17, 15) is 0 Å². The van der Waals surface area contributed by atoms with E-state index in [1.54, 1.807) is 0 Å². The van der Waals surface area contributed by atoms with E-state index in [1.807, 2.05) is 11.7 Å². The first-order valence-electron chi connectivity index (χ1n) is 6.33. The van der Waals surface area contributed by atoms with Gasteiger partial charge in [-0.25, -0.2) is 4.98 Å². The molecule has 1 fully saturated rings. The highest BCUT2D eigenvalue weighted by Crippen LogP contribution is 2.32. The van der Waals surface area contributed by atoms with Crippen molar-refractivity contribution >= 4 is 0 Å². The monoisotopic (exact) mass is 222 g/mol. The summed E-state index contributed by atoms with van der Waals surface area (Å²) in [5.74, 6) is 3.16. The number of hydrogen-bond acceptors (Lipinski definition) is 3. The summed E-state index contributed by atoms with van der Waals surface area (Å²) in [4.78, 5) is 4.71. The van der Waals surface area contributed by atoms with Crippen molar-refractivity contribution in [1.82, 2.24) is 14.8 Å². The molecular weight excluding hydrogens is 200 g/mol. The number of nitrogens with two attached hydrogens (primary N) is 1. The topological polar surface area (TPSA) is 56.7 Å². The Balaban J connectivity index is 2.14. The normalized spacial score (nSPS) is 19.2. The molecule has 1 heterocycles. The minimum absolute atomic E-state index is 0.414. The van der Waals surface area contributed by atoms with E-state index >= 15 is 0 Å². The first-order valence-corrected chi connectivity index (χ1v) is 6.33. The highest BCUT2D eigenvalue weighted by molar-refractivity contribution is 5.04. The number of aromatic nitrogens is 3. The molecule has 0 amide bonds. The van der Waals surface area contributed by atoms with E-state index in [0.717, 1.165) is 18.1 Å². The lowest BCUT2D eigenvalue weighted by atomic mass is 10.1. The molecule has 2 N–H and O–H groups in total. The minimum atomic E-state index is 0.414. The highest BCUT2D eigenvalue weighted by atomic mass is 15.3. The standard InChI is InChI=1S/C12H22N4/c1-9(7-8-13)12-14-11(15-16(12)2)10-5-3-4-6-10/h9-10H,3-8,13H2,1-2H3. The Morgan fingerprint density at radius 1 is 1.44 bits per heavy atom. The second-order valence-corrected chi connectivity index (χ2v) is 4.91. The molecular formula is C12H22N4. The molecule has 1 atom stereocenters. The van der Waals surface area contributed by atoms with Gasteiger partial charge in [-0.1, -0.05) is 19.8 Å². The summed E-state index contributed by atoms with van der Waals surface area (Å²) in [5, 5.41) is 4.56. The van der Waals surface area contributed by atoms with Gasteiger partial charge in [-0.2, -0.15) is 5.10 Å². The van der Waals surface area contributed by atoms with Gasteiger partial charge in [0.1, 0.15) is 5.82 Å². The Hall–Kier alpha value is -0.900. The lowest BCUT2D eigenvalue weighted by Crippen LogP contribution is -2.09. The van der Waals surface area contributed by atoms with Gasteiger partial charge < -0.3 is 5.73 Å².